The molecule has 4 rings (SSSR count). The molecule has 3 nitrogen and oxygen atoms in total. The van der Waals surface area contributed by atoms with Crippen molar-refractivity contribution in [3.05, 3.63) is 107 Å². The molecule has 0 aliphatic carbocycles. The smallest absolute Gasteiger partial charge is 0.290 e. The monoisotopic (exact) mass is 498 g/mol. The summed E-state index contributed by atoms with van der Waals surface area (Å²) in [6.45, 7) is 1.16. The van der Waals surface area contributed by atoms with Gasteiger partial charge in [0.25, 0.3) is 0 Å². The molecule has 0 amide bonds. The summed E-state index contributed by atoms with van der Waals surface area (Å²) in [4.78, 5) is 13.4. The van der Waals surface area contributed by atoms with E-state index in [-0.39, 0.29) is 15.3 Å². The van der Waals surface area contributed by atoms with Gasteiger partial charge in [-0.3, -0.25) is 9.13 Å². The molecule has 28 heavy (non-hydrogen) atoms. The molecule has 1 aromatic heterocycles. The van der Waals surface area contributed by atoms with E-state index in [2.05, 4.69) is 56.1 Å². The van der Waals surface area contributed by atoms with Gasteiger partial charge >= 0.3 is 5.69 Å². The molecule has 0 bridgehead atoms. The van der Waals surface area contributed by atoms with E-state index in [1.54, 1.807) is 0 Å². The Kier molecular flexibility index (Phi) is 5.83. The minimum Gasteiger partial charge on any atom is -0.290 e. The van der Waals surface area contributed by atoms with Crippen molar-refractivity contribution >= 4 is 42.9 Å². The molecule has 4 aromatic rings. The highest BCUT2D eigenvalue weighted by Crippen LogP contribution is 2.28. The zero-order valence-electron chi connectivity index (χ0n) is 15.2. The van der Waals surface area contributed by atoms with Crippen molar-refractivity contribution in [1.29, 1.82) is 0 Å². The summed E-state index contributed by atoms with van der Waals surface area (Å²) in [7, 11) is 0. The fourth-order valence-corrected chi connectivity index (χ4v) is 4.67. The molecule has 0 radical (unpaired) electrons. The van der Waals surface area contributed by atoms with Crippen molar-refractivity contribution in [2.75, 3.05) is 0 Å². The molecule has 0 spiro atoms. The van der Waals surface area contributed by atoms with Crippen LogP contribution in [0.4, 0.5) is 0 Å². The summed E-state index contributed by atoms with van der Waals surface area (Å²) in [5.74, 6) is 0. The van der Waals surface area contributed by atoms with Gasteiger partial charge in [-0.15, -0.1) is 0 Å². The minimum atomic E-state index is 0.0157. The van der Waals surface area contributed by atoms with Gasteiger partial charge < -0.3 is 0 Å². The lowest BCUT2D eigenvalue weighted by molar-refractivity contribution is 0.617. The largest absolute Gasteiger partial charge is 0.329 e. The van der Waals surface area contributed by atoms with Crippen LogP contribution in [0.3, 0.4) is 0 Å². The Labute approximate surface area is 180 Å². The second-order valence-corrected chi connectivity index (χ2v) is 8.96. The molecule has 0 fully saturated rings. The molecule has 5 heteroatoms. The number of rotatable bonds is 6. The van der Waals surface area contributed by atoms with E-state index in [9.17, 15) is 4.79 Å². The van der Waals surface area contributed by atoms with Crippen molar-refractivity contribution in [3.8, 4) is 0 Å². The van der Waals surface area contributed by atoms with Gasteiger partial charge in [0.15, 0.2) is 0 Å². The molecule has 0 N–H and O–H groups in total. The highest BCUT2D eigenvalue weighted by Gasteiger charge is 2.19. The van der Waals surface area contributed by atoms with Crippen LogP contribution in [-0.4, -0.2) is 9.13 Å². The van der Waals surface area contributed by atoms with Crippen LogP contribution in [0.2, 0.25) is 0 Å². The molecular formula is C23H20Br2N2O. The van der Waals surface area contributed by atoms with Crippen LogP contribution >= 0.6 is 31.9 Å². The number of imidazole rings is 1. The molecule has 0 aliphatic rings. The lowest BCUT2D eigenvalue weighted by Crippen LogP contribution is -2.26. The molecule has 0 saturated carbocycles. The zero-order valence-corrected chi connectivity index (χ0v) is 18.4. The number of nitrogens with zero attached hydrogens (tertiary/aromatic N) is 2. The Morgan fingerprint density at radius 2 is 0.964 bits per heavy atom. The first-order valence-electron chi connectivity index (χ1n) is 9.21. The van der Waals surface area contributed by atoms with E-state index >= 15 is 0 Å². The summed E-state index contributed by atoms with van der Waals surface area (Å²) >= 11 is 7.52. The summed E-state index contributed by atoms with van der Waals surface area (Å²) in [6.07, 6.45) is 0. The number of alkyl halides is 2. The second kappa shape index (κ2) is 8.50. The first-order valence-corrected chi connectivity index (χ1v) is 11.0. The van der Waals surface area contributed by atoms with E-state index < -0.39 is 0 Å². The van der Waals surface area contributed by atoms with Crippen molar-refractivity contribution in [2.45, 2.75) is 22.7 Å². The minimum absolute atomic E-state index is 0.0157. The molecular weight excluding hydrogens is 480 g/mol. The number of hydrogen-bond donors (Lipinski definition) is 0. The first-order chi connectivity index (χ1) is 13.6. The predicted molar refractivity (Wildman–Crippen MR) is 122 cm³/mol. The summed E-state index contributed by atoms with van der Waals surface area (Å²) < 4.78 is 3.74. The fourth-order valence-electron chi connectivity index (χ4n) is 3.48. The van der Waals surface area contributed by atoms with E-state index in [1.165, 1.54) is 0 Å². The van der Waals surface area contributed by atoms with Gasteiger partial charge in [-0.05, 0) is 23.3 Å². The van der Waals surface area contributed by atoms with E-state index in [1.807, 2.05) is 69.8 Å². The first kappa shape index (κ1) is 19.2. The molecule has 0 saturated heterocycles. The van der Waals surface area contributed by atoms with E-state index in [4.69, 9.17) is 0 Å². The normalized spacial score (nSPS) is 13.5. The number of fused-ring (bicyclic) bond motifs is 1. The summed E-state index contributed by atoms with van der Waals surface area (Å²) in [6, 6.07) is 28.4. The molecule has 1 heterocycles. The van der Waals surface area contributed by atoms with Crippen LogP contribution in [0.1, 0.15) is 20.8 Å². The van der Waals surface area contributed by atoms with Crippen molar-refractivity contribution in [2.24, 2.45) is 0 Å². The van der Waals surface area contributed by atoms with Crippen LogP contribution in [0, 0.1) is 0 Å². The Morgan fingerprint density at radius 1 is 0.607 bits per heavy atom. The quantitative estimate of drug-likeness (QED) is 0.295. The SMILES string of the molecule is O=c1n(CC(Br)c2ccccc2)c2ccccc2n1CC(Br)c1ccccc1. The van der Waals surface area contributed by atoms with Gasteiger partial charge in [0.1, 0.15) is 0 Å². The second-order valence-electron chi connectivity index (χ2n) is 6.75. The highest BCUT2D eigenvalue weighted by molar-refractivity contribution is 9.09. The number of halogens is 2. The van der Waals surface area contributed by atoms with Crippen LogP contribution < -0.4 is 5.69 Å². The molecule has 2 unspecified atom stereocenters. The van der Waals surface area contributed by atoms with Gasteiger partial charge in [-0.1, -0.05) is 105 Å². The van der Waals surface area contributed by atoms with E-state index in [0.29, 0.717) is 13.1 Å². The number of hydrogen-bond acceptors (Lipinski definition) is 1. The van der Waals surface area contributed by atoms with Gasteiger partial charge in [-0.2, -0.15) is 0 Å². The Morgan fingerprint density at radius 3 is 1.36 bits per heavy atom. The third kappa shape index (κ3) is 3.87. The van der Waals surface area contributed by atoms with Crippen molar-refractivity contribution in [1.82, 2.24) is 9.13 Å². The lowest BCUT2D eigenvalue weighted by Gasteiger charge is -2.12. The third-order valence-corrected chi connectivity index (χ3v) is 6.57. The van der Waals surface area contributed by atoms with Crippen LogP contribution in [0.25, 0.3) is 11.0 Å². The number of aromatic nitrogens is 2. The Bertz CT molecular complexity index is 1030. The van der Waals surface area contributed by atoms with Gasteiger partial charge in [0.05, 0.1) is 20.7 Å². The topological polar surface area (TPSA) is 26.9 Å². The molecule has 0 aliphatic heterocycles. The lowest BCUT2D eigenvalue weighted by atomic mass is 10.1. The average Bonchev–Trinajstić information content (AvgIpc) is 3.01. The van der Waals surface area contributed by atoms with Crippen LogP contribution in [0.15, 0.2) is 89.7 Å². The van der Waals surface area contributed by atoms with Crippen LogP contribution in [-0.2, 0) is 13.1 Å². The van der Waals surface area contributed by atoms with E-state index in [0.717, 1.165) is 22.2 Å². The van der Waals surface area contributed by atoms with Gasteiger partial charge in [0.2, 0.25) is 0 Å². The standard InChI is InChI=1S/C23H20Br2N2O/c24-19(17-9-3-1-4-10-17)15-26-21-13-7-8-14-22(21)27(23(26)28)16-20(25)18-11-5-2-6-12-18/h1-14,19-20H,15-16H2. The molecule has 3 aromatic carbocycles. The summed E-state index contributed by atoms with van der Waals surface area (Å²) in [5.41, 5.74) is 4.26. The van der Waals surface area contributed by atoms with Gasteiger partial charge in [0, 0.05) is 13.1 Å². The van der Waals surface area contributed by atoms with Crippen LogP contribution in [0.5, 0.6) is 0 Å². The average molecular weight is 500 g/mol. The maximum atomic E-state index is 13.3. The highest BCUT2D eigenvalue weighted by atomic mass is 79.9. The Hall–Kier alpha value is -2.11. The third-order valence-electron chi connectivity index (χ3n) is 4.93. The maximum absolute atomic E-state index is 13.3. The fraction of sp³-hybridized carbons (Fsp3) is 0.174. The predicted octanol–water partition coefficient (Wildman–Crippen LogP) is 6.08. The maximum Gasteiger partial charge on any atom is 0.329 e. The van der Waals surface area contributed by atoms with Crippen molar-refractivity contribution < 1.29 is 0 Å². The van der Waals surface area contributed by atoms with Gasteiger partial charge in [-0.25, -0.2) is 4.79 Å². The Balaban J connectivity index is 1.71. The number of benzene rings is 3. The van der Waals surface area contributed by atoms with Crippen molar-refractivity contribution in [3.63, 3.8) is 0 Å². The zero-order chi connectivity index (χ0) is 19.5. The molecule has 142 valence electrons. The summed E-state index contributed by atoms with van der Waals surface area (Å²) in [5, 5.41) is 0. The number of para-hydroxylation sites is 2. The molecule has 2 atom stereocenters.